The fourth-order valence-corrected chi connectivity index (χ4v) is 3.48. The van der Waals surface area contributed by atoms with E-state index in [0.717, 1.165) is 19.3 Å². The third kappa shape index (κ3) is 3.10. The van der Waals surface area contributed by atoms with Crippen molar-refractivity contribution in [2.24, 2.45) is 17.8 Å². The van der Waals surface area contributed by atoms with Crippen LogP contribution in [0.1, 0.15) is 59.3 Å². The molecular formula is C15H24O4. The zero-order valence-corrected chi connectivity index (χ0v) is 12.1. The lowest BCUT2D eigenvalue weighted by Crippen LogP contribution is -2.50. The number of esters is 2. The highest BCUT2D eigenvalue weighted by atomic mass is 16.7. The summed E-state index contributed by atoms with van der Waals surface area (Å²) >= 11 is 0. The number of ether oxygens (including phenoxy) is 2. The lowest BCUT2D eigenvalue weighted by atomic mass is 9.72. The molecule has 0 aromatic rings. The Hall–Kier alpha value is -1.06. The molecule has 1 atom stereocenters. The number of rotatable bonds is 3. The van der Waals surface area contributed by atoms with Gasteiger partial charge in [-0.2, -0.15) is 0 Å². The van der Waals surface area contributed by atoms with Gasteiger partial charge in [-0.25, -0.2) is 0 Å². The molecule has 2 fully saturated rings. The van der Waals surface area contributed by atoms with Gasteiger partial charge in [-0.3, -0.25) is 9.59 Å². The Morgan fingerprint density at radius 2 is 1.63 bits per heavy atom. The van der Waals surface area contributed by atoms with Crippen LogP contribution in [0.15, 0.2) is 0 Å². The number of hydrogen-bond donors (Lipinski definition) is 0. The van der Waals surface area contributed by atoms with Crippen LogP contribution < -0.4 is 0 Å². The standard InChI is InChI=1S/C15H24O4/c1-4-11(10-8-6-5-7-9-10)12-13(16)18-15(2,3)19-14(12)17/h10-12H,4-9H2,1-3H3/t11-/m1/s1. The number of cyclic esters (lactones) is 2. The summed E-state index contributed by atoms with van der Waals surface area (Å²) in [6.45, 7) is 5.24. The van der Waals surface area contributed by atoms with E-state index in [-0.39, 0.29) is 5.92 Å². The molecule has 0 N–H and O–H groups in total. The molecule has 1 aliphatic heterocycles. The molecule has 2 aliphatic rings. The third-order valence-corrected chi connectivity index (χ3v) is 4.36. The Kier molecular flexibility index (Phi) is 4.16. The van der Waals surface area contributed by atoms with Crippen LogP contribution in [0.4, 0.5) is 0 Å². The molecule has 19 heavy (non-hydrogen) atoms. The predicted octanol–water partition coefficient (Wildman–Crippen LogP) is 3.05. The molecule has 4 nitrogen and oxygen atoms in total. The highest BCUT2D eigenvalue weighted by Gasteiger charge is 2.48. The average Bonchev–Trinajstić information content (AvgIpc) is 2.33. The van der Waals surface area contributed by atoms with Gasteiger partial charge >= 0.3 is 11.9 Å². The van der Waals surface area contributed by atoms with Crippen LogP contribution >= 0.6 is 0 Å². The molecule has 0 spiro atoms. The van der Waals surface area contributed by atoms with E-state index < -0.39 is 23.6 Å². The first-order valence-electron chi connectivity index (χ1n) is 7.40. The van der Waals surface area contributed by atoms with Crippen LogP contribution in [0, 0.1) is 17.8 Å². The summed E-state index contributed by atoms with van der Waals surface area (Å²) in [6, 6.07) is 0. The van der Waals surface area contributed by atoms with Crippen molar-refractivity contribution in [1.82, 2.24) is 0 Å². The maximum Gasteiger partial charge on any atom is 0.323 e. The molecular weight excluding hydrogens is 244 g/mol. The predicted molar refractivity (Wildman–Crippen MR) is 70.1 cm³/mol. The van der Waals surface area contributed by atoms with Crippen molar-refractivity contribution in [3.05, 3.63) is 0 Å². The molecule has 0 radical (unpaired) electrons. The molecule has 2 rings (SSSR count). The molecule has 1 aliphatic carbocycles. The minimum atomic E-state index is -1.12. The summed E-state index contributed by atoms with van der Waals surface area (Å²) in [5, 5.41) is 0. The van der Waals surface area contributed by atoms with Gasteiger partial charge < -0.3 is 9.47 Å². The second kappa shape index (κ2) is 5.51. The molecule has 0 unspecified atom stereocenters. The lowest BCUT2D eigenvalue weighted by Gasteiger charge is -2.39. The SMILES string of the molecule is CC[C@H](C1CCCCC1)C1C(=O)OC(C)(C)OC1=O. The third-order valence-electron chi connectivity index (χ3n) is 4.36. The van der Waals surface area contributed by atoms with Crippen molar-refractivity contribution in [3.8, 4) is 0 Å². The van der Waals surface area contributed by atoms with Crippen molar-refractivity contribution in [2.45, 2.75) is 65.1 Å². The van der Waals surface area contributed by atoms with E-state index in [1.165, 1.54) is 19.3 Å². The molecule has 0 aromatic heterocycles. The van der Waals surface area contributed by atoms with Crippen molar-refractivity contribution < 1.29 is 19.1 Å². The van der Waals surface area contributed by atoms with Crippen molar-refractivity contribution in [2.75, 3.05) is 0 Å². The summed E-state index contributed by atoms with van der Waals surface area (Å²) in [6.07, 6.45) is 6.70. The van der Waals surface area contributed by atoms with Crippen LogP contribution in [0.2, 0.25) is 0 Å². The second-order valence-electron chi connectivity index (χ2n) is 6.19. The van der Waals surface area contributed by atoms with E-state index in [1.54, 1.807) is 13.8 Å². The molecule has 1 heterocycles. The molecule has 108 valence electrons. The minimum Gasteiger partial charge on any atom is -0.422 e. The van der Waals surface area contributed by atoms with Gasteiger partial charge in [-0.1, -0.05) is 45.4 Å². The van der Waals surface area contributed by atoms with E-state index in [1.807, 2.05) is 6.92 Å². The summed E-state index contributed by atoms with van der Waals surface area (Å²) in [7, 11) is 0. The monoisotopic (exact) mass is 268 g/mol. The fourth-order valence-electron chi connectivity index (χ4n) is 3.48. The Morgan fingerprint density at radius 1 is 1.11 bits per heavy atom. The van der Waals surface area contributed by atoms with Gasteiger partial charge in [0.2, 0.25) is 0 Å². The normalized spacial score (nSPS) is 26.7. The van der Waals surface area contributed by atoms with Gasteiger partial charge in [0.05, 0.1) is 0 Å². The van der Waals surface area contributed by atoms with Gasteiger partial charge in [0, 0.05) is 13.8 Å². The molecule has 0 aromatic carbocycles. The van der Waals surface area contributed by atoms with E-state index in [2.05, 4.69) is 0 Å². The van der Waals surface area contributed by atoms with Gasteiger partial charge in [-0.15, -0.1) is 0 Å². The smallest absolute Gasteiger partial charge is 0.323 e. The van der Waals surface area contributed by atoms with Crippen LogP contribution in [-0.2, 0) is 19.1 Å². The van der Waals surface area contributed by atoms with Crippen LogP contribution in [0.3, 0.4) is 0 Å². The zero-order valence-electron chi connectivity index (χ0n) is 12.1. The van der Waals surface area contributed by atoms with Gasteiger partial charge in [0.25, 0.3) is 5.79 Å². The maximum absolute atomic E-state index is 12.1. The van der Waals surface area contributed by atoms with Crippen molar-refractivity contribution >= 4 is 11.9 Å². The number of hydrogen-bond acceptors (Lipinski definition) is 4. The van der Waals surface area contributed by atoms with E-state index >= 15 is 0 Å². The van der Waals surface area contributed by atoms with E-state index in [0.29, 0.717) is 5.92 Å². The Balaban J connectivity index is 2.13. The summed E-state index contributed by atoms with van der Waals surface area (Å²) in [5.74, 6) is -2.13. The van der Waals surface area contributed by atoms with Gasteiger partial charge in [0.15, 0.2) is 5.92 Å². The fraction of sp³-hybridized carbons (Fsp3) is 0.867. The maximum atomic E-state index is 12.1. The average molecular weight is 268 g/mol. The van der Waals surface area contributed by atoms with Crippen molar-refractivity contribution in [1.29, 1.82) is 0 Å². The molecule has 0 bridgehead atoms. The highest BCUT2D eigenvalue weighted by Crippen LogP contribution is 2.39. The van der Waals surface area contributed by atoms with Gasteiger partial charge in [-0.05, 0) is 11.8 Å². The summed E-state index contributed by atoms with van der Waals surface area (Å²) in [5.41, 5.74) is 0. The number of carbonyl (C=O) groups excluding carboxylic acids is 2. The Bertz CT molecular complexity index is 335. The zero-order chi connectivity index (χ0) is 14.0. The molecule has 0 amide bonds. The first-order chi connectivity index (χ1) is 8.94. The van der Waals surface area contributed by atoms with Crippen molar-refractivity contribution in [3.63, 3.8) is 0 Å². The molecule has 4 heteroatoms. The first kappa shape index (κ1) is 14.4. The second-order valence-corrected chi connectivity index (χ2v) is 6.19. The Morgan fingerprint density at radius 3 is 2.11 bits per heavy atom. The summed E-state index contributed by atoms with van der Waals surface area (Å²) in [4.78, 5) is 24.3. The van der Waals surface area contributed by atoms with E-state index in [9.17, 15) is 9.59 Å². The highest BCUT2D eigenvalue weighted by molar-refractivity contribution is 5.97. The molecule has 1 saturated heterocycles. The first-order valence-corrected chi connectivity index (χ1v) is 7.40. The topological polar surface area (TPSA) is 52.6 Å². The van der Waals surface area contributed by atoms with Crippen LogP contribution in [0.5, 0.6) is 0 Å². The minimum absolute atomic E-state index is 0.0661. The van der Waals surface area contributed by atoms with E-state index in [4.69, 9.17) is 9.47 Å². The number of carbonyl (C=O) groups is 2. The quantitative estimate of drug-likeness (QED) is 0.583. The Labute approximate surface area is 114 Å². The summed E-state index contributed by atoms with van der Waals surface area (Å²) < 4.78 is 10.5. The molecule has 1 saturated carbocycles. The van der Waals surface area contributed by atoms with Gasteiger partial charge in [0.1, 0.15) is 0 Å². The lowest BCUT2D eigenvalue weighted by molar-refractivity contribution is -0.244. The van der Waals surface area contributed by atoms with Crippen LogP contribution in [0.25, 0.3) is 0 Å². The van der Waals surface area contributed by atoms with Crippen LogP contribution in [-0.4, -0.2) is 17.7 Å². The largest absolute Gasteiger partial charge is 0.422 e.